The highest BCUT2D eigenvalue weighted by Gasteiger charge is 2.27. The van der Waals surface area contributed by atoms with Gasteiger partial charge >= 0.3 is 0 Å². The van der Waals surface area contributed by atoms with E-state index in [1.54, 1.807) is 0 Å². The van der Waals surface area contributed by atoms with Crippen molar-refractivity contribution in [3.8, 4) is 0 Å². The lowest BCUT2D eigenvalue weighted by Gasteiger charge is -2.34. The lowest BCUT2D eigenvalue weighted by atomic mass is 9.95. The van der Waals surface area contributed by atoms with Crippen LogP contribution in [0.5, 0.6) is 0 Å². The number of amides is 1. The van der Waals surface area contributed by atoms with Crippen LogP contribution in [0.2, 0.25) is 0 Å². The number of nitrogens with one attached hydrogen (secondary N) is 2. The van der Waals surface area contributed by atoms with Crippen molar-refractivity contribution in [2.75, 3.05) is 25.1 Å². The number of carbonyl (C=O) groups is 1. The Morgan fingerprint density at radius 3 is 2.95 bits per heavy atom. The van der Waals surface area contributed by atoms with Crippen molar-refractivity contribution in [3.05, 3.63) is 28.7 Å². The Morgan fingerprint density at radius 1 is 1.47 bits per heavy atom. The standard InChI is InChI=1S/C14H19BrN2O2/c1-14(7-4-8-19-10-14)16-9-13(18)17-12-6-3-2-5-11(12)15/h2-3,5-6,16H,4,7-10H2,1H3,(H,17,18). The van der Waals surface area contributed by atoms with Gasteiger partial charge in [0, 0.05) is 16.6 Å². The first-order valence-electron chi connectivity index (χ1n) is 6.46. The first kappa shape index (κ1) is 14.5. The maximum absolute atomic E-state index is 11.9. The van der Waals surface area contributed by atoms with Crippen LogP contribution in [-0.4, -0.2) is 31.2 Å². The van der Waals surface area contributed by atoms with Gasteiger partial charge in [-0.3, -0.25) is 4.79 Å². The molecule has 0 bridgehead atoms. The second-order valence-electron chi connectivity index (χ2n) is 5.10. The molecule has 5 heteroatoms. The van der Waals surface area contributed by atoms with Crippen LogP contribution < -0.4 is 10.6 Å². The average Bonchev–Trinajstić information content (AvgIpc) is 2.40. The zero-order valence-corrected chi connectivity index (χ0v) is 12.6. The molecule has 0 aromatic heterocycles. The predicted octanol–water partition coefficient (Wildman–Crippen LogP) is 2.55. The molecule has 1 aromatic carbocycles. The molecule has 1 heterocycles. The Balaban J connectivity index is 1.83. The van der Waals surface area contributed by atoms with Gasteiger partial charge in [0.2, 0.25) is 5.91 Å². The number of hydrogen-bond acceptors (Lipinski definition) is 3. The summed E-state index contributed by atoms with van der Waals surface area (Å²) in [7, 11) is 0. The third-order valence-corrected chi connectivity index (χ3v) is 3.95. The van der Waals surface area contributed by atoms with Gasteiger partial charge in [-0.25, -0.2) is 0 Å². The van der Waals surface area contributed by atoms with Gasteiger partial charge in [0.1, 0.15) is 0 Å². The van der Waals surface area contributed by atoms with E-state index in [0.29, 0.717) is 13.2 Å². The fourth-order valence-electron chi connectivity index (χ4n) is 2.12. The molecule has 0 radical (unpaired) electrons. The highest BCUT2D eigenvalue weighted by atomic mass is 79.9. The molecular weight excluding hydrogens is 308 g/mol. The number of ether oxygens (including phenoxy) is 1. The first-order valence-corrected chi connectivity index (χ1v) is 7.26. The molecule has 1 atom stereocenters. The molecule has 1 amide bonds. The summed E-state index contributed by atoms with van der Waals surface area (Å²) in [5, 5.41) is 6.16. The molecule has 0 spiro atoms. The van der Waals surface area contributed by atoms with Gasteiger partial charge in [0.15, 0.2) is 0 Å². The molecule has 1 aliphatic heterocycles. The van der Waals surface area contributed by atoms with E-state index >= 15 is 0 Å². The van der Waals surface area contributed by atoms with Crippen molar-refractivity contribution in [1.29, 1.82) is 0 Å². The second-order valence-corrected chi connectivity index (χ2v) is 5.95. The third kappa shape index (κ3) is 4.30. The highest BCUT2D eigenvalue weighted by Crippen LogP contribution is 2.21. The number of para-hydroxylation sites is 1. The Bertz CT molecular complexity index is 445. The van der Waals surface area contributed by atoms with Crippen LogP contribution in [0.4, 0.5) is 5.69 Å². The van der Waals surface area contributed by atoms with Crippen LogP contribution in [0.15, 0.2) is 28.7 Å². The lowest BCUT2D eigenvalue weighted by molar-refractivity contribution is -0.116. The summed E-state index contributed by atoms with van der Waals surface area (Å²) < 4.78 is 6.34. The number of hydrogen-bond donors (Lipinski definition) is 2. The largest absolute Gasteiger partial charge is 0.380 e. The predicted molar refractivity (Wildman–Crippen MR) is 79.2 cm³/mol. The van der Waals surface area contributed by atoms with E-state index in [1.807, 2.05) is 24.3 Å². The summed E-state index contributed by atoms with van der Waals surface area (Å²) in [6.07, 6.45) is 2.07. The highest BCUT2D eigenvalue weighted by molar-refractivity contribution is 9.10. The molecule has 1 saturated heterocycles. The molecule has 1 unspecified atom stereocenters. The molecule has 104 valence electrons. The Labute approximate surface area is 122 Å². The molecule has 1 aromatic rings. The van der Waals surface area contributed by atoms with Crippen LogP contribution in [-0.2, 0) is 9.53 Å². The van der Waals surface area contributed by atoms with Crippen molar-refractivity contribution < 1.29 is 9.53 Å². The van der Waals surface area contributed by atoms with E-state index in [1.165, 1.54) is 0 Å². The summed E-state index contributed by atoms with van der Waals surface area (Å²) >= 11 is 3.41. The van der Waals surface area contributed by atoms with Crippen LogP contribution in [0.1, 0.15) is 19.8 Å². The molecular formula is C14H19BrN2O2. The fourth-order valence-corrected chi connectivity index (χ4v) is 2.51. The van der Waals surface area contributed by atoms with Gasteiger partial charge in [-0.05, 0) is 47.8 Å². The molecule has 19 heavy (non-hydrogen) atoms. The summed E-state index contributed by atoms with van der Waals surface area (Å²) in [6.45, 7) is 3.87. The van der Waals surface area contributed by atoms with Crippen molar-refractivity contribution in [2.45, 2.75) is 25.3 Å². The van der Waals surface area contributed by atoms with E-state index < -0.39 is 0 Å². The Hall–Kier alpha value is -0.910. The molecule has 2 rings (SSSR count). The first-order chi connectivity index (χ1) is 9.09. The normalized spacial score (nSPS) is 23.1. The number of carbonyl (C=O) groups excluding carboxylic acids is 1. The smallest absolute Gasteiger partial charge is 0.238 e. The van der Waals surface area contributed by atoms with Crippen LogP contribution >= 0.6 is 15.9 Å². The lowest BCUT2D eigenvalue weighted by Crippen LogP contribution is -2.51. The Kier molecular flexibility index (Phi) is 4.96. The van der Waals surface area contributed by atoms with Crippen LogP contribution in [0.3, 0.4) is 0 Å². The quantitative estimate of drug-likeness (QED) is 0.894. The summed E-state index contributed by atoms with van der Waals surface area (Å²) in [5.41, 5.74) is 0.697. The molecule has 1 aliphatic rings. The average molecular weight is 327 g/mol. The van der Waals surface area contributed by atoms with Gasteiger partial charge in [-0.15, -0.1) is 0 Å². The van der Waals surface area contributed by atoms with Gasteiger partial charge < -0.3 is 15.4 Å². The summed E-state index contributed by atoms with van der Waals surface area (Å²) in [6, 6.07) is 7.58. The van der Waals surface area contributed by atoms with Crippen molar-refractivity contribution in [1.82, 2.24) is 5.32 Å². The maximum Gasteiger partial charge on any atom is 0.238 e. The topological polar surface area (TPSA) is 50.4 Å². The van der Waals surface area contributed by atoms with Gasteiger partial charge in [0.05, 0.1) is 18.8 Å². The molecule has 0 aliphatic carbocycles. The Morgan fingerprint density at radius 2 is 2.26 bits per heavy atom. The number of benzene rings is 1. The van der Waals surface area contributed by atoms with E-state index in [2.05, 4.69) is 33.5 Å². The fraction of sp³-hybridized carbons (Fsp3) is 0.500. The molecule has 1 fully saturated rings. The van der Waals surface area contributed by atoms with Crippen molar-refractivity contribution in [3.63, 3.8) is 0 Å². The minimum atomic E-state index is -0.0937. The second kappa shape index (κ2) is 6.50. The van der Waals surface area contributed by atoms with Gasteiger partial charge in [-0.2, -0.15) is 0 Å². The SMILES string of the molecule is CC1(NCC(=O)Nc2ccccc2Br)CCCOC1. The van der Waals surface area contributed by atoms with Crippen molar-refractivity contribution >= 4 is 27.5 Å². The maximum atomic E-state index is 11.9. The van der Waals surface area contributed by atoms with Crippen LogP contribution in [0.25, 0.3) is 0 Å². The molecule has 0 saturated carbocycles. The zero-order chi connectivity index (χ0) is 13.7. The van der Waals surface area contributed by atoms with E-state index in [4.69, 9.17) is 4.74 Å². The minimum absolute atomic E-state index is 0.0429. The van der Waals surface area contributed by atoms with E-state index in [0.717, 1.165) is 29.6 Å². The van der Waals surface area contributed by atoms with Gasteiger partial charge in [-0.1, -0.05) is 12.1 Å². The minimum Gasteiger partial charge on any atom is -0.380 e. The molecule has 4 nitrogen and oxygen atoms in total. The number of anilines is 1. The summed E-state index contributed by atoms with van der Waals surface area (Å²) in [5.74, 6) is -0.0429. The third-order valence-electron chi connectivity index (χ3n) is 3.26. The summed E-state index contributed by atoms with van der Waals surface area (Å²) in [4.78, 5) is 11.9. The monoisotopic (exact) mass is 326 g/mol. The van der Waals surface area contributed by atoms with E-state index in [9.17, 15) is 4.79 Å². The van der Waals surface area contributed by atoms with Gasteiger partial charge in [0.25, 0.3) is 0 Å². The number of rotatable bonds is 4. The number of halogens is 1. The molecule has 2 N–H and O–H groups in total. The van der Waals surface area contributed by atoms with E-state index in [-0.39, 0.29) is 11.4 Å². The van der Waals surface area contributed by atoms with Crippen LogP contribution in [0, 0.1) is 0 Å². The van der Waals surface area contributed by atoms with Crippen molar-refractivity contribution in [2.24, 2.45) is 0 Å². The zero-order valence-electron chi connectivity index (χ0n) is 11.0.